The Kier molecular flexibility index (Phi) is 1.93. The molecule has 0 aromatic heterocycles. The number of fused-ring (bicyclic) bond motifs is 1. The molecule has 3 heteroatoms. The van der Waals surface area contributed by atoms with E-state index in [4.69, 9.17) is 5.73 Å². The summed E-state index contributed by atoms with van der Waals surface area (Å²) >= 11 is 0. The normalized spacial score (nSPS) is 20.2. The van der Waals surface area contributed by atoms with Crippen LogP contribution in [0.2, 0.25) is 0 Å². The molecule has 66 valence electrons. The predicted molar refractivity (Wildman–Crippen MR) is 50.0 cm³/mol. The van der Waals surface area contributed by atoms with Crippen LogP contribution in [0.15, 0.2) is 24.3 Å². The van der Waals surface area contributed by atoms with Crippen LogP contribution in [0, 0.1) is 6.42 Å². The molecule has 1 aromatic rings. The lowest BCUT2D eigenvalue weighted by atomic mass is 9.98. The van der Waals surface area contributed by atoms with Crippen molar-refractivity contribution in [3.63, 3.8) is 0 Å². The van der Waals surface area contributed by atoms with E-state index in [2.05, 4.69) is 11.7 Å². The smallest absolute Gasteiger partial charge is 0.239 e. The van der Waals surface area contributed by atoms with Gasteiger partial charge in [0.05, 0.1) is 0 Å². The second-order valence-corrected chi connectivity index (χ2v) is 3.03. The maximum Gasteiger partial charge on any atom is 0.239 e. The minimum atomic E-state index is -0.331. The highest BCUT2D eigenvalue weighted by Crippen LogP contribution is 2.25. The maximum absolute atomic E-state index is 10.9. The van der Waals surface area contributed by atoms with Gasteiger partial charge in [-0.05, 0) is 18.1 Å². The Balaban J connectivity index is 2.24. The molecule has 1 amide bonds. The van der Waals surface area contributed by atoms with Crippen LogP contribution in [0.5, 0.6) is 0 Å². The van der Waals surface area contributed by atoms with Gasteiger partial charge in [0.25, 0.3) is 0 Å². The zero-order chi connectivity index (χ0) is 9.26. The third-order valence-electron chi connectivity index (χ3n) is 2.10. The number of hydrogen-bond donors (Lipinski definition) is 2. The van der Waals surface area contributed by atoms with Gasteiger partial charge in [-0.15, -0.1) is 0 Å². The van der Waals surface area contributed by atoms with Crippen LogP contribution in [0.25, 0.3) is 0 Å². The number of nitrogens with two attached hydrogens (primary N) is 1. The molecule has 13 heavy (non-hydrogen) atoms. The SMILES string of the molecule is NC(=O)C1C[C]c2ccccc2N1. The van der Waals surface area contributed by atoms with E-state index in [-0.39, 0.29) is 11.9 Å². The molecule has 0 bridgehead atoms. The summed E-state index contributed by atoms with van der Waals surface area (Å²) in [5.41, 5.74) is 7.13. The molecular weight excluding hydrogens is 164 g/mol. The molecule has 2 radical (unpaired) electrons. The zero-order valence-corrected chi connectivity index (χ0v) is 7.08. The summed E-state index contributed by atoms with van der Waals surface area (Å²) < 4.78 is 0. The highest BCUT2D eigenvalue weighted by atomic mass is 16.1. The Bertz CT molecular complexity index is 335. The molecule has 1 heterocycles. The largest absolute Gasteiger partial charge is 0.373 e. The number of para-hydroxylation sites is 1. The van der Waals surface area contributed by atoms with E-state index in [9.17, 15) is 4.79 Å². The van der Waals surface area contributed by atoms with Crippen molar-refractivity contribution in [3.8, 4) is 0 Å². The third kappa shape index (κ3) is 1.49. The number of nitrogens with one attached hydrogen (secondary N) is 1. The molecule has 1 aliphatic rings. The molecule has 1 atom stereocenters. The lowest BCUT2D eigenvalue weighted by molar-refractivity contribution is -0.118. The Morgan fingerprint density at radius 2 is 2.31 bits per heavy atom. The van der Waals surface area contributed by atoms with Crippen LogP contribution in [-0.2, 0) is 4.79 Å². The second-order valence-electron chi connectivity index (χ2n) is 3.03. The summed E-state index contributed by atoms with van der Waals surface area (Å²) in [6.45, 7) is 0. The molecule has 2 rings (SSSR count). The van der Waals surface area contributed by atoms with Crippen LogP contribution in [0.3, 0.4) is 0 Å². The summed E-state index contributed by atoms with van der Waals surface area (Å²) in [7, 11) is 0. The average molecular weight is 174 g/mol. The first-order valence-corrected chi connectivity index (χ1v) is 4.16. The first-order valence-electron chi connectivity index (χ1n) is 4.16. The van der Waals surface area contributed by atoms with Gasteiger partial charge in [-0.3, -0.25) is 4.79 Å². The average Bonchev–Trinajstić information content (AvgIpc) is 2.17. The highest BCUT2D eigenvalue weighted by molar-refractivity contribution is 5.84. The van der Waals surface area contributed by atoms with Crippen LogP contribution < -0.4 is 11.1 Å². The van der Waals surface area contributed by atoms with Crippen molar-refractivity contribution in [2.75, 3.05) is 5.32 Å². The minimum absolute atomic E-state index is 0.310. The quantitative estimate of drug-likeness (QED) is 0.661. The van der Waals surface area contributed by atoms with Gasteiger partial charge in [0, 0.05) is 12.1 Å². The van der Waals surface area contributed by atoms with Gasteiger partial charge in [0.1, 0.15) is 6.04 Å². The fraction of sp³-hybridized carbons (Fsp3) is 0.200. The van der Waals surface area contributed by atoms with Crippen molar-refractivity contribution in [2.45, 2.75) is 12.5 Å². The highest BCUT2D eigenvalue weighted by Gasteiger charge is 2.21. The van der Waals surface area contributed by atoms with Gasteiger partial charge in [-0.1, -0.05) is 18.2 Å². The van der Waals surface area contributed by atoms with Crippen LogP contribution in [0.4, 0.5) is 5.69 Å². The number of benzene rings is 1. The molecule has 1 unspecified atom stereocenters. The van der Waals surface area contributed by atoms with Crippen molar-refractivity contribution in [2.24, 2.45) is 5.73 Å². The predicted octanol–water partition coefficient (Wildman–Crippen LogP) is 0.785. The summed E-state index contributed by atoms with van der Waals surface area (Å²) in [4.78, 5) is 10.9. The van der Waals surface area contributed by atoms with Crippen molar-refractivity contribution in [3.05, 3.63) is 36.2 Å². The fourth-order valence-corrected chi connectivity index (χ4v) is 1.39. The van der Waals surface area contributed by atoms with Crippen LogP contribution in [0.1, 0.15) is 12.0 Å². The first-order chi connectivity index (χ1) is 6.27. The van der Waals surface area contributed by atoms with Crippen molar-refractivity contribution in [1.29, 1.82) is 0 Å². The fourth-order valence-electron chi connectivity index (χ4n) is 1.39. The standard InChI is InChI=1S/C10H10N2O/c11-10(13)9-6-5-7-3-1-2-4-8(7)12-9/h1-4,9,12H,6H2,(H2,11,13). The summed E-state index contributed by atoms with van der Waals surface area (Å²) in [6.07, 6.45) is 3.68. The molecule has 0 saturated carbocycles. The zero-order valence-electron chi connectivity index (χ0n) is 7.08. The van der Waals surface area contributed by atoms with Gasteiger partial charge < -0.3 is 11.1 Å². The number of hydrogen-bond acceptors (Lipinski definition) is 2. The maximum atomic E-state index is 10.9. The van der Waals surface area contributed by atoms with Crippen LogP contribution in [-0.4, -0.2) is 11.9 Å². The summed E-state index contributed by atoms with van der Waals surface area (Å²) in [6, 6.07) is 7.42. The van der Waals surface area contributed by atoms with Crippen molar-refractivity contribution < 1.29 is 4.79 Å². The van der Waals surface area contributed by atoms with Gasteiger partial charge in [0.2, 0.25) is 5.91 Å². The van der Waals surface area contributed by atoms with Gasteiger partial charge in [-0.2, -0.15) is 0 Å². The lowest BCUT2D eigenvalue weighted by Gasteiger charge is -2.23. The lowest BCUT2D eigenvalue weighted by Crippen LogP contribution is -2.37. The molecule has 0 saturated heterocycles. The molecule has 3 N–H and O–H groups in total. The number of carbonyl (C=O) groups is 1. The van der Waals surface area contributed by atoms with E-state index in [1.165, 1.54) is 0 Å². The van der Waals surface area contributed by atoms with Crippen LogP contribution >= 0.6 is 0 Å². The topological polar surface area (TPSA) is 55.1 Å². The van der Waals surface area contributed by atoms with E-state index < -0.39 is 0 Å². The molecule has 0 spiro atoms. The number of rotatable bonds is 1. The van der Waals surface area contributed by atoms with E-state index in [0.717, 1.165) is 11.3 Å². The first kappa shape index (κ1) is 8.10. The Labute approximate surface area is 76.9 Å². The molecule has 0 fully saturated rings. The van der Waals surface area contributed by atoms with Crippen molar-refractivity contribution >= 4 is 11.6 Å². The Hall–Kier alpha value is -1.51. The van der Waals surface area contributed by atoms with Crippen molar-refractivity contribution in [1.82, 2.24) is 0 Å². The van der Waals surface area contributed by atoms with E-state index in [1.54, 1.807) is 0 Å². The monoisotopic (exact) mass is 174 g/mol. The van der Waals surface area contributed by atoms with E-state index in [0.29, 0.717) is 6.42 Å². The Morgan fingerprint density at radius 3 is 3.08 bits per heavy atom. The number of carbonyl (C=O) groups excluding carboxylic acids is 1. The molecule has 1 aliphatic heterocycles. The number of anilines is 1. The molecule has 3 nitrogen and oxygen atoms in total. The van der Waals surface area contributed by atoms with Gasteiger partial charge in [-0.25, -0.2) is 0 Å². The third-order valence-corrected chi connectivity index (χ3v) is 2.10. The molecule has 1 aromatic carbocycles. The molecule has 0 aliphatic carbocycles. The van der Waals surface area contributed by atoms with Gasteiger partial charge in [0.15, 0.2) is 0 Å². The summed E-state index contributed by atoms with van der Waals surface area (Å²) in [5, 5.41) is 3.06. The number of primary amides is 1. The van der Waals surface area contributed by atoms with E-state index in [1.807, 2.05) is 24.3 Å². The molecular formula is C10H10N2O. The van der Waals surface area contributed by atoms with Gasteiger partial charge >= 0.3 is 0 Å². The minimum Gasteiger partial charge on any atom is -0.373 e. The van der Waals surface area contributed by atoms with E-state index >= 15 is 0 Å². The Morgan fingerprint density at radius 1 is 1.54 bits per heavy atom. The summed E-state index contributed by atoms with van der Waals surface area (Å²) in [5.74, 6) is -0.331. The number of amides is 1. The second kappa shape index (κ2) is 3.09.